The molecule has 0 unspecified atom stereocenters. The van der Waals surface area contributed by atoms with Crippen LogP contribution in [0.3, 0.4) is 0 Å². The minimum atomic E-state index is -1.84. The number of hydrogen-bond donors (Lipinski definition) is 14. The van der Waals surface area contributed by atoms with Crippen LogP contribution in [0.2, 0.25) is 0 Å². The molecular formula is C41H68N12O15. The van der Waals surface area contributed by atoms with Gasteiger partial charge in [0.2, 0.25) is 59.1 Å². The van der Waals surface area contributed by atoms with Crippen molar-refractivity contribution in [2.24, 2.45) is 17.4 Å². The predicted molar refractivity (Wildman–Crippen MR) is 237 cm³/mol. The first-order valence-corrected chi connectivity index (χ1v) is 22.4. The molecule has 27 nitrogen and oxygen atoms in total. The molecule has 0 radical (unpaired) electrons. The van der Waals surface area contributed by atoms with E-state index >= 15 is 0 Å². The van der Waals surface area contributed by atoms with Gasteiger partial charge in [-0.05, 0) is 77.7 Å². The van der Waals surface area contributed by atoms with Crippen LogP contribution in [0.25, 0.3) is 0 Å². The highest BCUT2D eigenvalue weighted by atomic mass is 16.4. The molecule has 9 atom stereocenters. The number of unbranched alkanes of at least 4 members (excludes halogenated alkanes) is 1. The van der Waals surface area contributed by atoms with E-state index in [0.29, 0.717) is 25.8 Å². The molecule has 0 aromatic carbocycles. The topological polar surface area (TPSA) is 429 Å². The van der Waals surface area contributed by atoms with Gasteiger partial charge in [0.05, 0.1) is 31.7 Å². The molecule has 0 aromatic rings. The van der Waals surface area contributed by atoms with E-state index in [0.717, 1.165) is 0 Å². The van der Waals surface area contributed by atoms with E-state index < -0.39 is 151 Å². The van der Waals surface area contributed by atoms with E-state index in [4.69, 9.17) is 11.5 Å². The normalized spacial score (nSPS) is 19.2. The van der Waals surface area contributed by atoms with Gasteiger partial charge in [-0.1, -0.05) is 13.8 Å². The maximum absolute atomic E-state index is 13.4. The molecule has 0 bridgehead atoms. The van der Waals surface area contributed by atoms with Crippen LogP contribution in [0, 0.1) is 5.92 Å². The zero-order chi connectivity index (χ0) is 51.2. The Bertz CT molecular complexity index is 1850. The van der Waals surface area contributed by atoms with Crippen molar-refractivity contribution in [1.29, 1.82) is 0 Å². The van der Waals surface area contributed by atoms with Crippen LogP contribution in [0.4, 0.5) is 0 Å². The lowest BCUT2D eigenvalue weighted by Crippen LogP contribution is -2.59. The van der Waals surface area contributed by atoms with Gasteiger partial charge < -0.3 is 79.5 Å². The van der Waals surface area contributed by atoms with Crippen LogP contribution in [0.1, 0.15) is 91.9 Å². The van der Waals surface area contributed by atoms with Crippen molar-refractivity contribution in [2.75, 3.05) is 32.7 Å². The number of amides is 10. The first kappa shape index (κ1) is 57.6. The van der Waals surface area contributed by atoms with Crippen molar-refractivity contribution in [2.45, 2.75) is 146 Å². The van der Waals surface area contributed by atoms with Crippen LogP contribution in [-0.2, 0) is 57.5 Å². The van der Waals surface area contributed by atoms with E-state index in [-0.39, 0.29) is 51.1 Å². The number of aliphatic carboxylic acids is 2. The SMILES string of the molecule is CC(C)C[C@H](NC(=O)[C@H](C)NC(=O)[C@H](CC(=O)O)NC(=O)[C@H](CCC(N)=O)NC(=O)CNC(=O)[C@@H]1C[C@@H](O)CN1)C(=O)N[C@@H](C)C(=O)NCC(=O)N1CCC[C@H]1C(=O)N[C@@H](CCCCN)C(=O)O. The summed E-state index contributed by atoms with van der Waals surface area (Å²) in [6.07, 6.45) is -0.499. The zero-order valence-electron chi connectivity index (χ0n) is 38.7. The smallest absolute Gasteiger partial charge is 0.326 e. The highest BCUT2D eigenvalue weighted by Gasteiger charge is 2.37. The van der Waals surface area contributed by atoms with Gasteiger partial charge in [-0.25, -0.2) is 4.79 Å². The summed E-state index contributed by atoms with van der Waals surface area (Å²) in [7, 11) is 0. The minimum Gasteiger partial charge on any atom is -0.481 e. The summed E-state index contributed by atoms with van der Waals surface area (Å²) in [5.74, 6) is -11.4. The number of aliphatic hydroxyl groups is 1. The molecule has 2 aliphatic heterocycles. The lowest BCUT2D eigenvalue weighted by molar-refractivity contribution is -0.144. The molecule has 0 aliphatic carbocycles. The number of likely N-dealkylation sites (tertiary alicyclic amines) is 1. The molecule has 10 amide bonds. The summed E-state index contributed by atoms with van der Waals surface area (Å²) in [6, 6.07) is -10.2. The number of carboxylic acid groups (broad SMARTS) is 2. The van der Waals surface area contributed by atoms with Crippen molar-refractivity contribution in [3.05, 3.63) is 0 Å². The average molecular weight is 969 g/mol. The number of β-amino-alcohol motifs (C(OH)–C–C–N with tert-alkyl or cyclic N) is 1. The fourth-order valence-corrected chi connectivity index (χ4v) is 7.20. The van der Waals surface area contributed by atoms with Gasteiger partial charge in [0.15, 0.2) is 0 Å². The van der Waals surface area contributed by atoms with Crippen LogP contribution in [0.5, 0.6) is 0 Å². The minimum absolute atomic E-state index is 0.0413. The van der Waals surface area contributed by atoms with E-state index in [2.05, 4.69) is 47.9 Å². The van der Waals surface area contributed by atoms with Crippen molar-refractivity contribution < 1.29 is 72.9 Å². The number of carbonyl (C=O) groups is 12. The van der Waals surface area contributed by atoms with Crippen molar-refractivity contribution in [3.63, 3.8) is 0 Å². The number of carboxylic acids is 2. The van der Waals surface area contributed by atoms with Crippen molar-refractivity contribution in [1.82, 2.24) is 52.8 Å². The molecule has 2 saturated heterocycles. The van der Waals surface area contributed by atoms with Gasteiger partial charge in [-0.15, -0.1) is 0 Å². The Kier molecular flexibility index (Phi) is 24.3. The van der Waals surface area contributed by atoms with Gasteiger partial charge in [-0.2, -0.15) is 0 Å². The Morgan fingerprint density at radius 2 is 1.31 bits per heavy atom. The number of nitrogens with zero attached hydrogens (tertiary/aromatic N) is 1. The zero-order valence-corrected chi connectivity index (χ0v) is 38.7. The molecular weight excluding hydrogens is 901 g/mol. The van der Waals surface area contributed by atoms with Crippen molar-refractivity contribution in [3.8, 4) is 0 Å². The first-order chi connectivity index (χ1) is 31.9. The number of nitrogens with two attached hydrogens (primary N) is 2. The third-order valence-electron chi connectivity index (χ3n) is 10.9. The largest absolute Gasteiger partial charge is 0.481 e. The highest BCUT2D eigenvalue weighted by Crippen LogP contribution is 2.18. The fourth-order valence-electron chi connectivity index (χ4n) is 7.20. The average Bonchev–Trinajstić information content (AvgIpc) is 3.94. The number of carbonyl (C=O) groups excluding carboxylic acids is 10. The Hall–Kier alpha value is -6.48. The predicted octanol–water partition coefficient (Wildman–Crippen LogP) is -6.12. The third kappa shape index (κ3) is 20.2. The quantitative estimate of drug-likeness (QED) is 0.0310. The molecule has 16 N–H and O–H groups in total. The van der Waals surface area contributed by atoms with Crippen LogP contribution >= 0.6 is 0 Å². The number of rotatable bonds is 29. The lowest BCUT2D eigenvalue weighted by Gasteiger charge is -2.26. The standard InChI is InChI=1S/C41H68N12O15/c1-20(2)14-27(38(64)47-21(3)34(60)46-19-32(57)53-13-7-9-29(53)40(66)50-25(41(67)68)8-5-6-12-42)51-35(61)22(4)48-39(65)28(16-33(58)59)52-37(63)24(10-11-30(43)55)49-31(56)18-45-36(62)26-15-23(54)17-44-26/h20-29,44,54H,5-19,42H2,1-4H3,(H2,43,55)(H,45,62)(H,46,60)(H,47,64)(H,48,65)(H,49,56)(H,50,66)(H,51,61)(H,52,63)(H,58,59)(H,67,68)/t21-,22-,23+,24-,25-,26-,27-,28-,29-/m0/s1. The number of aliphatic hydroxyl groups excluding tert-OH is 1. The second-order valence-corrected chi connectivity index (χ2v) is 17.2. The molecule has 2 heterocycles. The molecule has 27 heteroatoms. The molecule has 2 fully saturated rings. The van der Waals surface area contributed by atoms with E-state index in [9.17, 15) is 72.9 Å². The Morgan fingerprint density at radius 1 is 0.691 bits per heavy atom. The second-order valence-electron chi connectivity index (χ2n) is 17.2. The number of nitrogens with one attached hydrogen (secondary N) is 9. The molecule has 382 valence electrons. The second kappa shape index (κ2) is 28.6. The summed E-state index contributed by atoms with van der Waals surface area (Å²) >= 11 is 0. The van der Waals surface area contributed by atoms with Gasteiger partial charge >= 0.3 is 11.9 Å². The molecule has 0 spiro atoms. The number of hydrogen-bond acceptors (Lipinski definition) is 15. The third-order valence-corrected chi connectivity index (χ3v) is 10.9. The summed E-state index contributed by atoms with van der Waals surface area (Å²) in [6.45, 7) is 5.54. The van der Waals surface area contributed by atoms with Crippen LogP contribution in [-0.4, -0.2) is 178 Å². The van der Waals surface area contributed by atoms with E-state index in [1.54, 1.807) is 13.8 Å². The van der Waals surface area contributed by atoms with Gasteiger partial charge in [-0.3, -0.25) is 52.7 Å². The lowest BCUT2D eigenvalue weighted by atomic mass is 10.0. The maximum Gasteiger partial charge on any atom is 0.326 e. The highest BCUT2D eigenvalue weighted by molar-refractivity contribution is 5.98. The van der Waals surface area contributed by atoms with E-state index in [1.807, 2.05) is 0 Å². The molecule has 0 aromatic heterocycles. The molecule has 2 rings (SSSR count). The van der Waals surface area contributed by atoms with Gasteiger partial charge in [0, 0.05) is 19.5 Å². The Morgan fingerprint density at radius 3 is 1.88 bits per heavy atom. The van der Waals surface area contributed by atoms with Gasteiger partial charge in [0.1, 0.15) is 42.3 Å². The van der Waals surface area contributed by atoms with Crippen LogP contribution < -0.4 is 59.3 Å². The summed E-state index contributed by atoms with van der Waals surface area (Å²) in [5, 5.41) is 50.4. The molecule has 68 heavy (non-hydrogen) atoms. The monoisotopic (exact) mass is 968 g/mol. The Labute approximate surface area is 392 Å². The fraction of sp³-hybridized carbons (Fsp3) is 0.707. The summed E-state index contributed by atoms with van der Waals surface area (Å²) in [5.41, 5.74) is 10.7. The maximum atomic E-state index is 13.4. The summed E-state index contributed by atoms with van der Waals surface area (Å²) < 4.78 is 0. The molecule has 2 aliphatic rings. The van der Waals surface area contributed by atoms with Crippen LogP contribution in [0.15, 0.2) is 0 Å². The van der Waals surface area contributed by atoms with E-state index in [1.165, 1.54) is 18.7 Å². The van der Waals surface area contributed by atoms with Gasteiger partial charge in [0.25, 0.3) is 0 Å². The first-order valence-electron chi connectivity index (χ1n) is 22.4. The summed E-state index contributed by atoms with van der Waals surface area (Å²) in [4.78, 5) is 154. The number of primary amides is 1. The van der Waals surface area contributed by atoms with Crippen molar-refractivity contribution >= 4 is 71.0 Å². The Balaban J connectivity index is 2.02. The molecule has 0 saturated carbocycles.